The second-order valence-electron chi connectivity index (χ2n) is 2.35. The summed E-state index contributed by atoms with van der Waals surface area (Å²) in [4.78, 5) is 10.2. The zero-order valence-corrected chi connectivity index (χ0v) is 6.71. The molecule has 0 unspecified atom stereocenters. The molecule has 0 spiro atoms. The first kappa shape index (κ1) is 8.53. The molecule has 0 bridgehead atoms. The maximum Gasteiger partial charge on any atom is 0.233 e. The number of nitrogens with one attached hydrogen (secondary N) is 1. The summed E-state index contributed by atoms with van der Waals surface area (Å²) < 4.78 is 0. The Kier molecular flexibility index (Phi) is 3.08. The fourth-order valence-corrected chi connectivity index (χ4v) is 0.846. The molecule has 1 aromatic carbocycles. The van der Waals surface area contributed by atoms with Crippen molar-refractivity contribution < 1.29 is 4.79 Å². The zero-order valence-electron chi connectivity index (χ0n) is 6.71. The van der Waals surface area contributed by atoms with E-state index in [0.717, 1.165) is 12.2 Å². The van der Waals surface area contributed by atoms with Crippen LogP contribution in [0.4, 0.5) is 5.69 Å². The molecule has 0 aromatic heterocycles. The molecule has 12 heavy (non-hydrogen) atoms. The smallest absolute Gasteiger partial charge is 0.233 e. The summed E-state index contributed by atoms with van der Waals surface area (Å²) in [7, 11) is 0. The van der Waals surface area contributed by atoms with Crippen LogP contribution in [0.25, 0.3) is 0 Å². The van der Waals surface area contributed by atoms with E-state index in [2.05, 4.69) is 11.9 Å². The standard InChI is InChI=1S/C10H10NO/c1-2-7-11-10-5-3-9(8-12)4-6-10/h2-6,11H,1,7H2. The van der Waals surface area contributed by atoms with Crippen molar-refractivity contribution in [3.63, 3.8) is 0 Å². The SMILES string of the molecule is C=CCNc1ccc([C]=O)cc1. The van der Waals surface area contributed by atoms with E-state index in [1.165, 1.54) is 0 Å². The Balaban J connectivity index is 2.64. The second kappa shape index (κ2) is 4.34. The molecule has 2 heteroatoms. The van der Waals surface area contributed by atoms with Crippen LogP contribution in [0, 0.1) is 0 Å². The Morgan fingerprint density at radius 1 is 1.42 bits per heavy atom. The largest absolute Gasteiger partial charge is 0.382 e. The summed E-state index contributed by atoms with van der Waals surface area (Å²) in [5.41, 5.74) is 1.55. The zero-order chi connectivity index (χ0) is 8.81. The Hall–Kier alpha value is -1.57. The number of hydrogen-bond donors (Lipinski definition) is 1. The van der Waals surface area contributed by atoms with Crippen LogP contribution in [0.5, 0.6) is 0 Å². The van der Waals surface area contributed by atoms with Gasteiger partial charge in [-0.1, -0.05) is 6.08 Å². The summed E-state index contributed by atoms with van der Waals surface area (Å²) in [5, 5.41) is 3.10. The van der Waals surface area contributed by atoms with E-state index >= 15 is 0 Å². The molecule has 1 N–H and O–H groups in total. The lowest BCUT2D eigenvalue weighted by Gasteiger charge is -2.01. The highest BCUT2D eigenvalue weighted by atomic mass is 16.1. The number of benzene rings is 1. The molecule has 0 saturated heterocycles. The third kappa shape index (κ3) is 2.23. The fourth-order valence-electron chi connectivity index (χ4n) is 0.846. The molecule has 1 radical (unpaired) electrons. The van der Waals surface area contributed by atoms with Crippen molar-refractivity contribution in [2.45, 2.75) is 0 Å². The van der Waals surface area contributed by atoms with Crippen LogP contribution >= 0.6 is 0 Å². The van der Waals surface area contributed by atoms with Gasteiger partial charge in [0.15, 0.2) is 0 Å². The molecule has 0 aliphatic heterocycles. The number of hydrogen-bond acceptors (Lipinski definition) is 2. The molecule has 0 atom stereocenters. The van der Waals surface area contributed by atoms with Crippen LogP contribution in [0.2, 0.25) is 0 Å². The van der Waals surface area contributed by atoms with Crippen molar-refractivity contribution in [1.82, 2.24) is 0 Å². The number of carbonyl (C=O) groups excluding carboxylic acids is 1. The molecule has 0 fully saturated rings. The predicted octanol–water partition coefficient (Wildman–Crippen LogP) is 1.74. The van der Waals surface area contributed by atoms with E-state index in [1.807, 2.05) is 18.4 Å². The molecular weight excluding hydrogens is 150 g/mol. The molecule has 0 heterocycles. The van der Waals surface area contributed by atoms with Crippen molar-refractivity contribution in [2.24, 2.45) is 0 Å². The highest BCUT2D eigenvalue weighted by Crippen LogP contribution is 2.07. The van der Waals surface area contributed by atoms with Crippen LogP contribution in [0.1, 0.15) is 5.56 Å². The van der Waals surface area contributed by atoms with Crippen LogP contribution in [0.15, 0.2) is 36.9 Å². The van der Waals surface area contributed by atoms with Crippen LogP contribution in [-0.2, 0) is 4.79 Å². The summed E-state index contributed by atoms with van der Waals surface area (Å²) in [6.45, 7) is 4.31. The number of anilines is 1. The minimum absolute atomic E-state index is 0.569. The van der Waals surface area contributed by atoms with Gasteiger partial charge in [-0.3, -0.25) is 4.79 Å². The van der Waals surface area contributed by atoms with Crippen LogP contribution in [0.3, 0.4) is 0 Å². The molecule has 61 valence electrons. The fraction of sp³-hybridized carbons (Fsp3) is 0.100. The van der Waals surface area contributed by atoms with E-state index in [1.54, 1.807) is 18.2 Å². The summed E-state index contributed by atoms with van der Waals surface area (Å²) in [6.07, 6.45) is 3.59. The molecule has 2 nitrogen and oxygen atoms in total. The maximum atomic E-state index is 10.2. The molecule has 0 aliphatic carbocycles. The minimum atomic E-state index is 0.569. The van der Waals surface area contributed by atoms with Gasteiger partial charge >= 0.3 is 0 Å². The molecule has 1 rings (SSSR count). The van der Waals surface area contributed by atoms with Crippen molar-refractivity contribution in [2.75, 3.05) is 11.9 Å². The van der Waals surface area contributed by atoms with Crippen molar-refractivity contribution in [3.05, 3.63) is 42.5 Å². The normalized spacial score (nSPS) is 9.00. The van der Waals surface area contributed by atoms with E-state index in [-0.39, 0.29) is 0 Å². The third-order valence-electron chi connectivity index (χ3n) is 1.45. The van der Waals surface area contributed by atoms with E-state index < -0.39 is 0 Å². The van der Waals surface area contributed by atoms with Crippen molar-refractivity contribution in [3.8, 4) is 0 Å². The van der Waals surface area contributed by atoms with Gasteiger partial charge in [-0.25, -0.2) is 0 Å². The molecule has 1 aromatic rings. The Morgan fingerprint density at radius 3 is 2.58 bits per heavy atom. The van der Waals surface area contributed by atoms with Gasteiger partial charge in [0.1, 0.15) is 0 Å². The first-order valence-corrected chi connectivity index (χ1v) is 3.70. The quantitative estimate of drug-likeness (QED) is 0.680. The van der Waals surface area contributed by atoms with E-state index in [4.69, 9.17) is 0 Å². The van der Waals surface area contributed by atoms with E-state index in [0.29, 0.717) is 5.56 Å². The molecule has 0 saturated carbocycles. The lowest BCUT2D eigenvalue weighted by Crippen LogP contribution is -1.97. The minimum Gasteiger partial charge on any atom is -0.382 e. The lowest BCUT2D eigenvalue weighted by atomic mass is 10.2. The highest BCUT2D eigenvalue weighted by Gasteiger charge is 1.90. The van der Waals surface area contributed by atoms with Gasteiger partial charge in [0.2, 0.25) is 6.29 Å². The molecule has 0 aliphatic rings. The van der Waals surface area contributed by atoms with E-state index in [9.17, 15) is 4.79 Å². The maximum absolute atomic E-state index is 10.2. The van der Waals surface area contributed by atoms with Gasteiger partial charge in [0.25, 0.3) is 0 Å². The van der Waals surface area contributed by atoms with Gasteiger partial charge in [-0.15, -0.1) is 6.58 Å². The topological polar surface area (TPSA) is 29.1 Å². The summed E-state index contributed by atoms with van der Waals surface area (Å²) in [5.74, 6) is 0. The molecule has 0 amide bonds. The van der Waals surface area contributed by atoms with Crippen molar-refractivity contribution in [1.29, 1.82) is 0 Å². The van der Waals surface area contributed by atoms with Crippen molar-refractivity contribution >= 4 is 12.0 Å². The summed E-state index contributed by atoms with van der Waals surface area (Å²) >= 11 is 0. The summed E-state index contributed by atoms with van der Waals surface area (Å²) in [6, 6.07) is 7.12. The second-order valence-corrected chi connectivity index (χ2v) is 2.35. The van der Waals surface area contributed by atoms with Gasteiger partial charge in [-0.2, -0.15) is 0 Å². The van der Waals surface area contributed by atoms with Gasteiger partial charge < -0.3 is 5.32 Å². The van der Waals surface area contributed by atoms with Gasteiger partial charge in [0, 0.05) is 17.8 Å². The average molecular weight is 160 g/mol. The Labute approximate surface area is 71.9 Å². The first-order chi connectivity index (χ1) is 5.86. The Bertz CT molecular complexity index is 264. The van der Waals surface area contributed by atoms with Gasteiger partial charge in [0.05, 0.1) is 0 Å². The Morgan fingerprint density at radius 2 is 2.08 bits per heavy atom. The highest BCUT2D eigenvalue weighted by molar-refractivity contribution is 5.76. The lowest BCUT2D eigenvalue weighted by molar-refractivity contribution is 0.563. The van der Waals surface area contributed by atoms with Crippen LogP contribution in [-0.4, -0.2) is 12.8 Å². The van der Waals surface area contributed by atoms with Gasteiger partial charge in [-0.05, 0) is 24.3 Å². The number of rotatable bonds is 4. The predicted molar refractivity (Wildman–Crippen MR) is 49.9 cm³/mol. The van der Waals surface area contributed by atoms with Crippen LogP contribution < -0.4 is 5.32 Å². The first-order valence-electron chi connectivity index (χ1n) is 3.70. The molecular formula is C10H10NO. The average Bonchev–Trinajstić information content (AvgIpc) is 2.15. The third-order valence-corrected chi connectivity index (χ3v) is 1.45. The monoisotopic (exact) mass is 160 g/mol.